The van der Waals surface area contributed by atoms with E-state index in [9.17, 15) is 0 Å². The van der Waals surface area contributed by atoms with Crippen LogP contribution < -0.4 is 0 Å². The lowest BCUT2D eigenvalue weighted by Gasteiger charge is -2.14. The number of rotatable bonds is 8. The maximum Gasteiger partial charge on any atom is 0.227 e. The van der Waals surface area contributed by atoms with Crippen LogP contribution >= 0.6 is 0 Å². The highest BCUT2D eigenvalue weighted by Gasteiger charge is 2.20. The summed E-state index contributed by atoms with van der Waals surface area (Å²) in [5.74, 6) is 2.39. The minimum atomic E-state index is 0.594. The fourth-order valence-electron chi connectivity index (χ4n) is 9.08. The monoisotopic (exact) mass is 830 g/mol. The lowest BCUT2D eigenvalue weighted by molar-refractivity contribution is 0.623. The Labute approximate surface area is 376 Å². The molecule has 12 aromatic rings. The predicted molar refractivity (Wildman–Crippen MR) is 266 cm³/mol. The molecule has 12 rings (SSSR count). The Kier molecular flexibility index (Phi) is 9.42. The summed E-state index contributed by atoms with van der Waals surface area (Å²) in [5.41, 5.74) is 14.2. The summed E-state index contributed by atoms with van der Waals surface area (Å²) in [7, 11) is 0. The Bertz CT molecular complexity index is 3710. The summed E-state index contributed by atoms with van der Waals surface area (Å²) >= 11 is 0. The van der Waals surface area contributed by atoms with Crippen molar-refractivity contribution in [1.29, 1.82) is 0 Å². The quantitative estimate of drug-likeness (QED) is 0.153. The molecule has 0 saturated carbocycles. The lowest BCUT2D eigenvalue weighted by Crippen LogP contribution is -2.01. The summed E-state index contributed by atoms with van der Waals surface area (Å²) < 4.78 is 6.61. The Morgan fingerprint density at radius 1 is 0.277 bits per heavy atom. The number of fused-ring (bicyclic) bond motifs is 4. The van der Waals surface area contributed by atoms with Gasteiger partial charge in [0.2, 0.25) is 5.89 Å². The molecule has 5 heteroatoms. The third-order valence-corrected chi connectivity index (χ3v) is 12.2. The van der Waals surface area contributed by atoms with E-state index in [-0.39, 0.29) is 0 Å². The van der Waals surface area contributed by atoms with Crippen LogP contribution in [0.25, 0.3) is 123 Å². The van der Waals surface area contributed by atoms with E-state index < -0.39 is 0 Å². The van der Waals surface area contributed by atoms with Gasteiger partial charge >= 0.3 is 0 Å². The molecule has 2 heterocycles. The summed E-state index contributed by atoms with van der Waals surface area (Å²) in [4.78, 5) is 20.8. The minimum Gasteiger partial charge on any atom is -0.435 e. The molecule has 0 N–H and O–H groups in total. The number of hydrogen-bond donors (Lipinski definition) is 0. The maximum atomic E-state index is 6.61. The maximum absolute atomic E-state index is 6.61. The number of hydrogen-bond acceptors (Lipinski definition) is 5. The molecular weight excluding hydrogens is 793 g/mol. The van der Waals surface area contributed by atoms with E-state index in [0.29, 0.717) is 23.4 Å². The van der Waals surface area contributed by atoms with Crippen LogP contribution in [0, 0.1) is 0 Å². The number of nitrogens with zero attached hydrogens (tertiary/aromatic N) is 4. The normalized spacial score (nSPS) is 11.4. The SMILES string of the molecule is c1ccc(-c2cccc(-c3nc(-c4cccc(-c5ccccc5-c5ccccc5)c4)nc(-c4cccc5c(-c6cccc7ccc8nc(-c9ccccc9)oc8c67)cccc45)n3)c2)cc1. The van der Waals surface area contributed by atoms with Gasteiger partial charge in [-0.1, -0.05) is 200 Å². The first-order chi connectivity index (χ1) is 32.2. The van der Waals surface area contributed by atoms with Crippen LogP contribution in [0.2, 0.25) is 0 Å². The first-order valence-electron chi connectivity index (χ1n) is 21.8. The van der Waals surface area contributed by atoms with Crippen LogP contribution in [0.1, 0.15) is 0 Å². The van der Waals surface area contributed by atoms with Gasteiger partial charge in [-0.3, -0.25) is 0 Å². The van der Waals surface area contributed by atoms with Gasteiger partial charge in [0.1, 0.15) is 5.52 Å². The van der Waals surface area contributed by atoms with Gasteiger partial charge in [-0.2, -0.15) is 0 Å². The van der Waals surface area contributed by atoms with Crippen molar-refractivity contribution < 1.29 is 4.42 Å². The van der Waals surface area contributed by atoms with Crippen molar-refractivity contribution in [3.05, 3.63) is 231 Å². The van der Waals surface area contributed by atoms with Crippen molar-refractivity contribution >= 4 is 32.6 Å². The standard InChI is InChI=1S/C60H38N4O/c1-4-17-39(18-5-1)43-24-12-26-45(37-43)57-62-58(46-27-13-25-44(38-46)48-29-11-10-28-47(48)40-19-6-2-7-20-40)64-59(63-57)53-34-16-30-49-50(31-15-32-51(49)53)52-33-14-23-41-35-36-54-56(55(41)52)65-60(61-54)42-21-8-3-9-22-42/h1-38H. The molecule has 0 bridgehead atoms. The van der Waals surface area contributed by atoms with E-state index in [1.807, 2.05) is 42.5 Å². The van der Waals surface area contributed by atoms with E-state index >= 15 is 0 Å². The van der Waals surface area contributed by atoms with Crippen LogP contribution in [0.3, 0.4) is 0 Å². The molecule has 0 fully saturated rings. The third-order valence-electron chi connectivity index (χ3n) is 12.2. The van der Waals surface area contributed by atoms with Crippen LogP contribution in [0.15, 0.2) is 235 Å². The predicted octanol–water partition coefficient (Wildman–Crippen LogP) is 15.7. The van der Waals surface area contributed by atoms with Crippen molar-refractivity contribution in [3.63, 3.8) is 0 Å². The van der Waals surface area contributed by atoms with Gasteiger partial charge in [-0.05, 0) is 91.0 Å². The van der Waals surface area contributed by atoms with E-state index in [2.05, 4.69) is 188 Å². The van der Waals surface area contributed by atoms with Crippen LogP contribution in [-0.2, 0) is 0 Å². The molecule has 0 spiro atoms. The highest BCUT2D eigenvalue weighted by atomic mass is 16.3. The Hall–Kier alpha value is -8.80. The fourth-order valence-corrected chi connectivity index (χ4v) is 9.08. The van der Waals surface area contributed by atoms with Crippen LogP contribution in [0.4, 0.5) is 0 Å². The number of oxazole rings is 1. The van der Waals surface area contributed by atoms with Gasteiger partial charge in [-0.15, -0.1) is 0 Å². The lowest BCUT2D eigenvalue weighted by atomic mass is 9.92. The summed E-state index contributed by atoms with van der Waals surface area (Å²) in [5, 5.41) is 4.21. The van der Waals surface area contributed by atoms with Crippen molar-refractivity contribution in [3.8, 4) is 90.1 Å². The minimum absolute atomic E-state index is 0.594. The van der Waals surface area contributed by atoms with Gasteiger partial charge in [0, 0.05) is 27.6 Å². The van der Waals surface area contributed by atoms with Crippen LogP contribution in [-0.4, -0.2) is 19.9 Å². The zero-order valence-corrected chi connectivity index (χ0v) is 35.1. The molecule has 304 valence electrons. The molecule has 0 unspecified atom stereocenters. The van der Waals surface area contributed by atoms with Gasteiger partial charge < -0.3 is 4.42 Å². The van der Waals surface area contributed by atoms with E-state index in [1.165, 1.54) is 5.56 Å². The molecule has 2 aromatic heterocycles. The molecule has 0 aliphatic rings. The Balaban J connectivity index is 1.04. The van der Waals surface area contributed by atoms with Crippen molar-refractivity contribution in [1.82, 2.24) is 19.9 Å². The molecule has 0 atom stereocenters. The number of benzene rings is 10. The molecule has 0 aliphatic carbocycles. The smallest absolute Gasteiger partial charge is 0.227 e. The zero-order chi connectivity index (χ0) is 43.1. The molecule has 0 aliphatic heterocycles. The molecule has 10 aromatic carbocycles. The fraction of sp³-hybridized carbons (Fsp3) is 0. The average Bonchev–Trinajstić information content (AvgIpc) is 3.84. The summed E-state index contributed by atoms with van der Waals surface area (Å²) in [6, 6.07) is 80.0. The summed E-state index contributed by atoms with van der Waals surface area (Å²) in [6.07, 6.45) is 0. The Morgan fingerprint density at radius 2 is 0.754 bits per heavy atom. The molecule has 0 saturated heterocycles. The molecule has 0 radical (unpaired) electrons. The second-order valence-electron chi connectivity index (χ2n) is 16.2. The topological polar surface area (TPSA) is 64.7 Å². The van der Waals surface area contributed by atoms with E-state index in [4.69, 9.17) is 24.4 Å². The van der Waals surface area contributed by atoms with Crippen molar-refractivity contribution in [2.75, 3.05) is 0 Å². The van der Waals surface area contributed by atoms with Gasteiger partial charge in [0.05, 0.1) is 0 Å². The molecule has 65 heavy (non-hydrogen) atoms. The van der Waals surface area contributed by atoms with Crippen molar-refractivity contribution in [2.24, 2.45) is 0 Å². The largest absolute Gasteiger partial charge is 0.435 e. The van der Waals surface area contributed by atoms with Gasteiger partial charge in [0.15, 0.2) is 23.1 Å². The van der Waals surface area contributed by atoms with Crippen molar-refractivity contribution in [2.45, 2.75) is 0 Å². The average molecular weight is 831 g/mol. The van der Waals surface area contributed by atoms with Gasteiger partial charge in [-0.25, -0.2) is 19.9 Å². The summed E-state index contributed by atoms with van der Waals surface area (Å²) in [6.45, 7) is 0. The second-order valence-corrected chi connectivity index (χ2v) is 16.2. The third kappa shape index (κ3) is 7.02. The highest BCUT2D eigenvalue weighted by molar-refractivity contribution is 6.15. The first-order valence-corrected chi connectivity index (χ1v) is 21.8. The second kappa shape index (κ2) is 16.2. The Morgan fingerprint density at radius 3 is 1.46 bits per heavy atom. The van der Waals surface area contributed by atoms with E-state index in [0.717, 1.165) is 93.8 Å². The zero-order valence-electron chi connectivity index (χ0n) is 35.1. The number of aromatic nitrogens is 4. The highest BCUT2D eigenvalue weighted by Crippen LogP contribution is 2.41. The molecular formula is C60H38N4O. The molecule has 5 nitrogen and oxygen atoms in total. The molecule has 0 amide bonds. The first kappa shape index (κ1) is 37.9. The van der Waals surface area contributed by atoms with Crippen LogP contribution in [0.5, 0.6) is 0 Å². The van der Waals surface area contributed by atoms with Gasteiger partial charge in [0.25, 0.3) is 0 Å². The van der Waals surface area contributed by atoms with E-state index in [1.54, 1.807) is 0 Å².